The Morgan fingerprint density at radius 2 is 1.53 bits per heavy atom. The highest BCUT2D eigenvalue weighted by atomic mass is 16.5. The summed E-state index contributed by atoms with van der Waals surface area (Å²) in [5, 5.41) is 18.7. The van der Waals surface area contributed by atoms with Crippen LogP contribution < -0.4 is 14.2 Å². The first kappa shape index (κ1) is 13.6. The summed E-state index contributed by atoms with van der Waals surface area (Å²) in [5.41, 5.74) is 0.569. The molecule has 1 aromatic carbocycles. The predicted octanol–water partition coefficient (Wildman–Crippen LogP) is 1.13. The van der Waals surface area contributed by atoms with Crippen LogP contribution in [0, 0.1) is 0 Å². The second kappa shape index (κ2) is 6.32. The fourth-order valence-corrected chi connectivity index (χ4v) is 1.59. The van der Waals surface area contributed by atoms with Gasteiger partial charge in [-0.05, 0) is 6.07 Å². The van der Waals surface area contributed by atoms with E-state index < -0.39 is 6.10 Å². The van der Waals surface area contributed by atoms with E-state index in [9.17, 15) is 5.11 Å². The largest absolute Gasteiger partial charge is 0.496 e. The van der Waals surface area contributed by atoms with Crippen LogP contribution in [0.15, 0.2) is 12.1 Å². The van der Waals surface area contributed by atoms with Crippen molar-refractivity contribution in [3.8, 4) is 17.2 Å². The van der Waals surface area contributed by atoms with Crippen LogP contribution in [0.2, 0.25) is 0 Å². The van der Waals surface area contributed by atoms with Gasteiger partial charge in [0.1, 0.15) is 5.75 Å². The average molecular weight is 242 g/mol. The molecular weight excluding hydrogens is 224 g/mol. The Morgan fingerprint density at radius 3 is 2.00 bits per heavy atom. The van der Waals surface area contributed by atoms with Crippen molar-refractivity contribution in [2.24, 2.45) is 0 Å². The van der Waals surface area contributed by atoms with Gasteiger partial charge in [-0.25, -0.2) is 0 Å². The molecule has 1 unspecified atom stereocenters. The van der Waals surface area contributed by atoms with Crippen molar-refractivity contribution in [2.45, 2.75) is 12.5 Å². The van der Waals surface area contributed by atoms with Crippen LogP contribution in [0.5, 0.6) is 17.2 Å². The van der Waals surface area contributed by atoms with Crippen LogP contribution >= 0.6 is 0 Å². The summed E-state index contributed by atoms with van der Waals surface area (Å²) in [6.07, 6.45) is -0.555. The number of rotatable bonds is 6. The molecule has 0 heterocycles. The summed E-state index contributed by atoms with van der Waals surface area (Å²) >= 11 is 0. The molecule has 0 saturated carbocycles. The molecule has 1 atom stereocenters. The summed E-state index contributed by atoms with van der Waals surface area (Å²) < 4.78 is 15.5. The van der Waals surface area contributed by atoms with Crippen molar-refractivity contribution in [1.29, 1.82) is 0 Å². The number of ether oxygens (including phenoxy) is 3. The van der Waals surface area contributed by atoms with Gasteiger partial charge in [-0.2, -0.15) is 0 Å². The van der Waals surface area contributed by atoms with Gasteiger partial charge in [0, 0.05) is 24.7 Å². The molecule has 2 N–H and O–H groups in total. The molecule has 0 amide bonds. The van der Waals surface area contributed by atoms with Gasteiger partial charge in [-0.3, -0.25) is 0 Å². The standard InChI is InChI=1S/C12H18O5/c1-15-10-7-12(17-3)11(16-2)6-8(10)9(14)4-5-13/h6-7,9,13-14H,4-5H2,1-3H3. The third-order valence-corrected chi connectivity index (χ3v) is 2.50. The molecule has 0 aromatic heterocycles. The lowest BCUT2D eigenvalue weighted by molar-refractivity contribution is 0.131. The van der Waals surface area contributed by atoms with E-state index in [-0.39, 0.29) is 13.0 Å². The molecule has 0 aliphatic rings. The zero-order chi connectivity index (χ0) is 12.8. The smallest absolute Gasteiger partial charge is 0.164 e. The van der Waals surface area contributed by atoms with Crippen LogP contribution in [0.3, 0.4) is 0 Å². The highest BCUT2D eigenvalue weighted by Crippen LogP contribution is 2.38. The van der Waals surface area contributed by atoms with Gasteiger partial charge in [-0.1, -0.05) is 0 Å². The lowest BCUT2D eigenvalue weighted by Gasteiger charge is -2.17. The fourth-order valence-electron chi connectivity index (χ4n) is 1.59. The third kappa shape index (κ3) is 3.01. The molecule has 0 aliphatic carbocycles. The second-order valence-corrected chi connectivity index (χ2v) is 3.48. The van der Waals surface area contributed by atoms with Crippen LogP contribution in [0.25, 0.3) is 0 Å². The Labute approximate surface area is 101 Å². The Balaban J connectivity index is 3.18. The minimum absolute atomic E-state index is 0.0985. The van der Waals surface area contributed by atoms with E-state index in [0.29, 0.717) is 22.8 Å². The zero-order valence-corrected chi connectivity index (χ0v) is 10.3. The van der Waals surface area contributed by atoms with Crippen molar-refractivity contribution in [3.05, 3.63) is 17.7 Å². The van der Waals surface area contributed by atoms with Crippen molar-refractivity contribution >= 4 is 0 Å². The summed E-state index contributed by atoms with van der Waals surface area (Å²) in [5.74, 6) is 1.55. The molecule has 17 heavy (non-hydrogen) atoms. The molecule has 0 radical (unpaired) electrons. The summed E-state index contributed by atoms with van der Waals surface area (Å²) in [6, 6.07) is 3.30. The second-order valence-electron chi connectivity index (χ2n) is 3.48. The topological polar surface area (TPSA) is 68.2 Å². The van der Waals surface area contributed by atoms with E-state index >= 15 is 0 Å². The Bertz CT molecular complexity index is 364. The maximum absolute atomic E-state index is 9.88. The number of hydrogen-bond acceptors (Lipinski definition) is 5. The SMILES string of the molecule is COc1cc(OC)c(C(O)CCO)cc1OC. The van der Waals surface area contributed by atoms with Crippen molar-refractivity contribution in [3.63, 3.8) is 0 Å². The molecule has 0 fully saturated rings. The van der Waals surface area contributed by atoms with Gasteiger partial charge in [0.05, 0.1) is 27.4 Å². The summed E-state index contributed by atoms with van der Waals surface area (Å²) in [4.78, 5) is 0. The quantitative estimate of drug-likeness (QED) is 0.782. The molecule has 5 nitrogen and oxygen atoms in total. The molecule has 0 spiro atoms. The Kier molecular flexibility index (Phi) is 5.06. The zero-order valence-electron chi connectivity index (χ0n) is 10.3. The molecule has 96 valence electrons. The van der Waals surface area contributed by atoms with E-state index in [2.05, 4.69) is 0 Å². The Morgan fingerprint density at radius 1 is 1.00 bits per heavy atom. The number of benzene rings is 1. The molecule has 0 bridgehead atoms. The van der Waals surface area contributed by atoms with Gasteiger partial charge in [0.2, 0.25) is 0 Å². The average Bonchev–Trinajstić information content (AvgIpc) is 2.37. The normalized spacial score (nSPS) is 12.1. The van der Waals surface area contributed by atoms with Gasteiger partial charge >= 0.3 is 0 Å². The minimum atomic E-state index is -0.797. The predicted molar refractivity (Wildman–Crippen MR) is 62.8 cm³/mol. The van der Waals surface area contributed by atoms with Gasteiger partial charge in [0.25, 0.3) is 0 Å². The Hall–Kier alpha value is -1.46. The first-order valence-electron chi connectivity index (χ1n) is 5.26. The van der Waals surface area contributed by atoms with Gasteiger partial charge in [0.15, 0.2) is 11.5 Å². The third-order valence-electron chi connectivity index (χ3n) is 2.50. The van der Waals surface area contributed by atoms with Gasteiger partial charge in [-0.15, -0.1) is 0 Å². The van der Waals surface area contributed by atoms with Crippen LogP contribution in [0.4, 0.5) is 0 Å². The highest BCUT2D eigenvalue weighted by molar-refractivity contribution is 5.51. The van der Waals surface area contributed by atoms with E-state index in [4.69, 9.17) is 19.3 Å². The van der Waals surface area contributed by atoms with Crippen LogP contribution in [0.1, 0.15) is 18.1 Å². The fraction of sp³-hybridized carbons (Fsp3) is 0.500. The van der Waals surface area contributed by atoms with E-state index in [0.717, 1.165) is 0 Å². The minimum Gasteiger partial charge on any atom is -0.496 e. The summed E-state index contributed by atoms with van der Waals surface area (Å²) in [7, 11) is 4.56. The van der Waals surface area contributed by atoms with E-state index in [1.54, 1.807) is 12.1 Å². The highest BCUT2D eigenvalue weighted by Gasteiger charge is 2.17. The van der Waals surface area contributed by atoms with Crippen molar-refractivity contribution < 1.29 is 24.4 Å². The first-order chi connectivity index (χ1) is 8.17. The molecule has 1 rings (SSSR count). The molecule has 5 heteroatoms. The van der Waals surface area contributed by atoms with Crippen molar-refractivity contribution in [1.82, 2.24) is 0 Å². The number of aliphatic hydroxyl groups excluding tert-OH is 2. The summed E-state index contributed by atoms with van der Waals surface area (Å²) in [6.45, 7) is -0.0985. The lowest BCUT2D eigenvalue weighted by atomic mass is 10.0. The van der Waals surface area contributed by atoms with Crippen molar-refractivity contribution in [2.75, 3.05) is 27.9 Å². The van der Waals surface area contributed by atoms with E-state index in [1.165, 1.54) is 21.3 Å². The van der Waals surface area contributed by atoms with Crippen LogP contribution in [-0.2, 0) is 0 Å². The van der Waals surface area contributed by atoms with Gasteiger partial charge < -0.3 is 24.4 Å². The molecule has 0 aliphatic heterocycles. The monoisotopic (exact) mass is 242 g/mol. The molecule has 0 saturated heterocycles. The number of aliphatic hydroxyl groups is 2. The molecule has 1 aromatic rings. The number of methoxy groups -OCH3 is 3. The van der Waals surface area contributed by atoms with Crippen LogP contribution in [-0.4, -0.2) is 38.1 Å². The lowest BCUT2D eigenvalue weighted by Crippen LogP contribution is -2.04. The maximum atomic E-state index is 9.88. The number of hydrogen-bond donors (Lipinski definition) is 2. The maximum Gasteiger partial charge on any atom is 0.164 e. The van der Waals surface area contributed by atoms with E-state index in [1.807, 2.05) is 0 Å². The molecular formula is C12H18O5. The first-order valence-corrected chi connectivity index (χ1v) is 5.26.